The van der Waals surface area contributed by atoms with Gasteiger partial charge in [0.25, 0.3) is 0 Å². The summed E-state index contributed by atoms with van der Waals surface area (Å²) in [5.74, 6) is -0.622. The Morgan fingerprint density at radius 1 is 1.07 bits per heavy atom. The number of aryl methyl sites for hydroxylation is 3. The second-order valence-electron chi connectivity index (χ2n) is 7.40. The smallest absolute Gasteiger partial charge is 0.348 e. The van der Waals surface area contributed by atoms with Gasteiger partial charge in [0.2, 0.25) is 15.9 Å². The summed E-state index contributed by atoms with van der Waals surface area (Å²) in [6.07, 6.45) is -3.78. The van der Waals surface area contributed by atoms with Crippen LogP contribution in [0.4, 0.5) is 18.9 Å². The van der Waals surface area contributed by atoms with Crippen molar-refractivity contribution in [2.75, 3.05) is 17.1 Å². The van der Waals surface area contributed by atoms with Crippen LogP contribution >= 0.6 is 0 Å². The van der Waals surface area contributed by atoms with Crippen LogP contribution in [0.1, 0.15) is 40.8 Å². The predicted molar refractivity (Wildman–Crippen MR) is 111 cm³/mol. The Bertz CT molecular complexity index is 1050. The second-order valence-corrected chi connectivity index (χ2v) is 9.31. The first-order valence-electron chi connectivity index (χ1n) is 9.22. The van der Waals surface area contributed by atoms with Gasteiger partial charge in [-0.3, -0.25) is 9.10 Å². The number of carbonyl (C=O) groups is 1. The molecule has 0 aliphatic rings. The summed E-state index contributed by atoms with van der Waals surface area (Å²) in [4.78, 5) is 12.6. The number of halogens is 3. The van der Waals surface area contributed by atoms with Crippen LogP contribution in [0.5, 0.6) is 0 Å². The first kappa shape index (κ1) is 23.7. The lowest BCUT2D eigenvalue weighted by molar-refractivity contribution is -0.137. The minimum absolute atomic E-state index is 0.225. The van der Waals surface area contributed by atoms with Crippen molar-refractivity contribution in [3.63, 3.8) is 0 Å². The molecule has 0 aliphatic heterocycles. The van der Waals surface area contributed by atoms with E-state index in [9.17, 15) is 26.4 Å². The maximum atomic E-state index is 13.0. The van der Waals surface area contributed by atoms with Gasteiger partial charge in [-0.25, -0.2) is 8.42 Å². The highest BCUT2D eigenvalue weighted by atomic mass is 32.2. The third-order valence-electron chi connectivity index (χ3n) is 4.88. The maximum Gasteiger partial charge on any atom is 0.416 e. The van der Waals surface area contributed by atoms with E-state index in [-0.39, 0.29) is 5.69 Å². The molecule has 1 amide bonds. The largest absolute Gasteiger partial charge is 0.416 e. The summed E-state index contributed by atoms with van der Waals surface area (Å²) < 4.78 is 64.0. The Morgan fingerprint density at radius 2 is 1.67 bits per heavy atom. The number of nitrogens with zero attached hydrogens (tertiary/aromatic N) is 1. The highest BCUT2D eigenvalue weighted by Gasteiger charge is 2.32. The molecule has 164 valence electrons. The average Bonchev–Trinajstić information content (AvgIpc) is 2.61. The van der Waals surface area contributed by atoms with Crippen molar-refractivity contribution >= 4 is 21.6 Å². The van der Waals surface area contributed by atoms with Gasteiger partial charge >= 0.3 is 6.18 Å². The molecule has 30 heavy (non-hydrogen) atoms. The fraction of sp³-hybridized carbons (Fsp3) is 0.381. The van der Waals surface area contributed by atoms with E-state index in [1.54, 1.807) is 6.92 Å². The molecule has 5 nitrogen and oxygen atoms in total. The first-order valence-corrected chi connectivity index (χ1v) is 11.1. The molecule has 2 rings (SSSR count). The lowest BCUT2D eigenvalue weighted by Crippen LogP contribution is -2.41. The van der Waals surface area contributed by atoms with Crippen molar-refractivity contribution < 1.29 is 26.4 Å². The molecule has 0 spiro atoms. The maximum absolute atomic E-state index is 13.0. The van der Waals surface area contributed by atoms with Crippen LogP contribution in [0.3, 0.4) is 0 Å². The Balaban J connectivity index is 2.26. The zero-order valence-corrected chi connectivity index (χ0v) is 18.3. The van der Waals surface area contributed by atoms with Crippen molar-refractivity contribution in [1.29, 1.82) is 0 Å². The highest BCUT2D eigenvalue weighted by Crippen LogP contribution is 2.32. The number of anilines is 1. The van der Waals surface area contributed by atoms with Gasteiger partial charge in [-0.2, -0.15) is 13.2 Å². The number of carbonyl (C=O) groups excluding carboxylic acids is 1. The van der Waals surface area contributed by atoms with Gasteiger partial charge in [0, 0.05) is 0 Å². The Kier molecular flexibility index (Phi) is 6.86. The molecule has 0 unspecified atom stereocenters. The molecule has 0 aromatic heterocycles. The van der Waals surface area contributed by atoms with E-state index in [2.05, 4.69) is 5.32 Å². The summed E-state index contributed by atoms with van der Waals surface area (Å²) >= 11 is 0. The normalized spacial score (nSPS) is 13.1. The number of amides is 1. The van der Waals surface area contributed by atoms with Crippen LogP contribution in [0.25, 0.3) is 0 Å². The van der Waals surface area contributed by atoms with Gasteiger partial charge in [0.15, 0.2) is 0 Å². The molecule has 2 aromatic carbocycles. The Morgan fingerprint density at radius 3 is 2.23 bits per heavy atom. The van der Waals surface area contributed by atoms with E-state index in [1.807, 2.05) is 32.9 Å². The lowest BCUT2D eigenvalue weighted by Gasteiger charge is -2.24. The number of rotatable bonds is 6. The molecule has 1 atom stereocenters. The molecule has 0 radical (unpaired) electrons. The highest BCUT2D eigenvalue weighted by molar-refractivity contribution is 7.92. The molecule has 1 N–H and O–H groups in total. The third-order valence-corrected chi connectivity index (χ3v) is 6.02. The molecule has 0 bridgehead atoms. The molecule has 9 heteroatoms. The molecule has 0 saturated heterocycles. The number of sulfonamides is 1. The van der Waals surface area contributed by atoms with Gasteiger partial charge in [-0.1, -0.05) is 18.2 Å². The lowest BCUT2D eigenvalue weighted by atomic mass is 9.96. The van der Waals surface area contributed by atoms with Crippen molar-refractivity contribution in [3.05, 3.63) is 64.2 Å². The van der Waals surface area contributed by atoms with Crippen molar-refractivity contribution in [1.82, 2.24) is 5.32 Å². The van der Waals surface area contributed by atoms with Gasteiger partial charge in [0.1, 0.15) is 6.54 Å². The number of alkyl halides is 3. The number of hydrogen-bond acceptors (Lipinski definition) is 3. The van der Waals surface area contributed by atoms with Crippen LogP contribution in [-0.2, 0) is 21.0 Å². The van der Waals surface area contributed by atoms with Crippen molar-refractivity contribution in [2.45, 2.75) is 39.9 Å². The SMILES string of the molecule is Cc1cc(C)c([C@H](C)NC(=O)CN(c2cccc(C(F)(F)F)c2)S(C)(=O)=O)cc1C. The topological polar surface area (TPSA) is 66.5 Å². The minimum atomic E-state index is -4.63. The zero-order chi connectivity index (χ0) is 22.9. The number of hydrogen-bond donors (Lipinski definition) is 1. The molecule has 0 aliphatic carbocycles. The molecule has 0 heterocycles. The number of nitrogens with one attached hydrogen (secondary N) is 1. The molecule has 0 fully saturated rings. The summed E-state index contributed by atoms with van der Waals surface area (Å²) in [7, 11) is -3.99. The van der Waals surface area contributed by atoms with Gasteiger partial charge in [-0.05, 0) is 68.1 Å². The zero-order valence-electron chi connectivity index (χ0n) is 17.5. The van der Waals surface area contributed by atoms with E-state index >= 15 is 0 Å². The van der Waals surface area contributed by atoms with E-state index < -0.39 is 40.3 Å². The van der Waals surface area contributed by atoms with Crippen LogP contribution in [0.15, 0.2) is 36.4 Å². The third kappa shape index (κ3) is 5.75. The van der Waals surface area contributed by atoms with Crippen LogP contribution < -0.4 is 9.62 Å². The summed E-state index contributed by atoms with van der Waals surface area (Å²) in [6.45, 7) is 6.98. The molecular formula is C21H25F3N2O3S. The summed E-state index contributed by atoms with van der Waals surface area (Å²) in [5.41, 5.74) is 2.81. The van der Waals surface area contributed by atoms with Crippen LogP contribution in [-0.4, -0.2) is 27.1 Å². The average molecular weight is 443 g/mol. The minimum Gasteiger partial charge on any atom is -0.348 e. The fourth-order valence-electron chi connectivity index (χ4n) is 3.18. The monoisotopic (exact) mass is 442 g/mol. The molecule has 2 aromatic rings. The van der Waals surface area contributed by atoms with Crippen LogP contribution in [0.2, 0.25) is 0 Å². The predicted octanol–water partition coefficient (Wildman–Crippen LogP) is 4.27. The van der Waals surface area contributed by atoms with Gasteiger partial charge in [-0.15, -0.1) is 0 Å². The Labute approximate surface area is 175 Å². The Hall–Kier alpha value is -2.55. The van der Waals surface area contributed by atoms with Crippen molar-refractivity contribution in [3.8, 4) is 0 Å². The van der Waals surface area contributed by atoms with Crippen LogP contribution in [0, 0.1) is 20.8 Å². The van der Waals surface area contributed by atoms with Gasteiger partial charge < -0.3 is 5.32 Å². The molecular weight excluding hydrogens is 417 g/mol. The standard InChI is InChI=1S/C21H25F3N2O3S/c1-13-9-15(3)19(10-14(13)2)16(4)25-20(27)12-26(30(5,28)29)18-8-6-7-17(11-18)21(22,23)24/h6-11,16H,12H2,1-5H3,(H,25,27)/t16-/m0/s1. The molecule has 0 saturated carbocycles. The summed E-state index contributed by atoms with van der Waals surface area (Å²) in [6, 6.07) is 7.44. The fourth-order valence-corrected chi connectivity index (χ4v) is 4.03. The van der Waals surface area contributed by atoms with E-state index in [0.717, 1.165) is 40.6 Å². The summed E-state index contributed by atoms with van der Waals surface area (Å²) in [5, 5.41) is 2.73. The van der Waals surface area contributed by atoms with Crippen molar-refractivity contribution in [2.24, 2.45) is 0 Å². The van der Waals surface area contributed by atoms with E-state index in [1.165, 1.54) is 6.07 Å². The quantitative estimate of drug-likeness (QED) is 0.727. The second kappa shape index (κ2) is 8.67. The van der Waals surface area contributed by atoms with E-state index in [4.69, 9.17) is 0 Å². The number of benzene rings is 2. The van der Waals surface area contributed by atoms with Gasteiger partial charge in [0.05, 0.1) is 23.5 Å². The first-order chi connectivity index (χ1) is 13.7. The van der Waals surface area contributed by atoms with E-state index in [0.29, 0.717) is 10.4 Å².